The maximum absolute atomic E-state index is 13.2. The fourth-order valence-electron chi connectivity index (χ4n) is 3.55. The molecule has 0 bridgehead atoms. The number of hydrogen-bond acceptors (Lipinski definition) is 5. The number of aromatic nitrogens is 2. The van der Waals surface area contributed by atoms with Gasteiger partial charge in [-0.1, -0.05) is 48.5 Å². The van der Waals surface area contributed by atoms with E-state index in [0.717, 1.165) is 5.56 Å². The van der Waals surface area contributed by atoms with Crippen LogP contribution < -0.4 is 15.6 Å². The van der Waals surface area contributed by atoms with Gasteiger partial charge in [0.2, 0.25) is 10.0 Å². The normalized spacial score (nSPS) is 11.4. The number of aryl methyl sites for hydroxylation is 1. The third kappa shape index (κ3) is 4.99. The third-order valence-electron chi connectivity index (χ3n) is 5.39. The molecule has 3 aromatic carbocycles. The van der Waals surface area contributed by atoms with Gasteiger partial charge in [-0.3, -0.25) is 14.3 Å². The van der Waals surface area contributed by atoms with Gasteiger partial charge in [-0.05, 0) is 49.2 Å². The van der Waals surface area contributed by atoms with E-state index in [1.165, 1.54) is 4.68 Å². The second kappa shape index (κ2) is 9.48. The van der Waals surface area contributed by atoms with Gasteiger partial charge < -0.3 is 5.32 Å². The van der Waals surface area contributed by atoms with Crippen molar-refractivity contribution in [3.05, 3.63) is 100.0 Å². The maximum atomic E-state index is 13.2. The number of hydrogen-bond donors (Lipinski definition) is 2. The number of benzene rings is 3. The number of carbonyl (C=O) groups excluding carboxylic acids is 1. The highest BCUT2D eigenvalue weighted by molar-refractivity contribution is 7.92. The van der Waals surface area contributed by atoms with E-state index < -0.39 is 15.9 Å². The average Bonchev–Trinajstić information content (AvgIpc) is 2.83. The van der Waals surface area contributed by atoms with E-state index in [0.29, 0.717) is 27.7 Å². The number of carbonyl (C=O) groups is 1. The van der Waals surface area contributed by atoms with Crippen LogP contribution in [0.2, 0.25) is 0 Å². The summed E-state index contributed by atoms with van der Waals surface area (Å²) >= 11 is 0. The van der Waals surface area contributed by atoms with Crippen molar-refractivity contribution in [2.75, 3.05) is 15.8 Å². The summed E-state index contributed by atoms with van der Waals surface area (Å²) in [6, 6.07) is 21.2. The van der Waals surface area contributed by atoms with Crippen LogP contribution in [0.15, 0.2) is 77.6 Å². The van der Waals surface area contributed by atoms with Crippen molar-refractivity contribution in [3.63, 3.8) is 0 Å². The lowest BCUT2D eigenvalue weighted by Crippen LogP contribution is -2.28. The molecule has 174 valence electrons. The third-order valence-corrected chi connectivity index (χ3v) is 6.68. The molecule has 0 radical (unpaired) electrons. The lowest BCUT2D eigenvalue weighted by Gasteiger charge is -2.13. The molecule has 0 fully saturated rings. The van der Waals surface area contributed by atoms with E-state index in [-0.39, 0.29) is 23.6 Å². The first-order chi connectivity index (χ1) is 16.3. The molecule has 1 heterocycles. The Morgan fingerprint density at radius 2 is 1.65 bits per heavy atom. The van der Waals surface area contributed by atoms with Gasteiger partial charge in [0.25, 0.3) is 11.5 Å². The first kappa shape index (κ1) is 23.2. The lowest BCUT2D eigenvalue weighted by atomic mass is 10.1. The van der Waals surface area contributed by atoms with Crippen molar-refractivity contribution in [3.8, 4) is 0 Å². The van der Waals surface area contributed by atoms with Crippen LogP contribution in [0.3, 0.4) is 0 Å². The maximum Gasteiger partial charge on any atom is 0.276 e. The molecule has 2 N–H and O–H groups in total. The highest BCUT2D eigenvalue weighted by Crippen LogP contribution is 2.22. The second-order valence-electron chi connectivity index (χ2n) is 7.83. The molecule has 0 aliphatic heterocycles. The van der Waals surface area contributed by atoms with Crippen LogP contribution in [0.25, 0.3) is 10.8 Å². The van der Waals surface area contributed by atoms with E-state index in [1.807, 2.05) is 30.3 Å². The van der Waals surface area contributed by atoms with E-state index in [2.05, 4.69) is 15.1 Å². The molecule has 0 unspecified atom stereocenters. The van der Waals surface area contributed by atoms with Crippen molar-refractivity contribution in [2.45, 2.75) is 20.4 Å². The zero-order valence-electron chi connectivity index (χ0n) is 18.8. The Morgan fingerprint density at radius 3 is 2.32 bits per heavy atom. The summed E-state index contributed by atoms with van der Waals surface area (Å²) < 4.78 is 27.5. The topological polar surface area (TPSA) is 110 Å². The molecule has 4 rings (SSSR count). The Balaban J connectivity index is 1.68. The van der Waals surface area contributed by atoms with Gasteiger partial charge in [0.15, 0.2) is 5.69 Å². The predicted molar refractivity (Wildman–Crippen MR) is 134 cm³/mol. The first-order valence-electron chi connectivity index (χ1n) is 10.7. The molecule has 34 heavy (non-hydrogen) atoms. The summed E-state index contributed by atoms with van der Waals surface area (Å²) in [4.78, 5) is 26.2. The van der Waals surface area contributed by atoms with Gasteiger partial charge in [-0.25, -0.2) is 13.1 Å². The summed E-state index contributed by atoms with van der Waals surface area (Å²) in [6.07, 6.45) is 0. The molecule has 9 heteroatoms. The van der Waals surface area contributed by atoms with E-state index >= 15 is 0 Å². The first-order valence-corrected chi connectivity index (χ1v) is 12.4. The van der Waals surface area contributed by atoms with Crippen molar-refractivity contribution >= 4 is 38.1 Å². The molecule has 0 saturated carbocycles. The Morgan fingerprint density at radius 1 is 0.971 bits per heavy atom. The Labute approximate surface area is 197 Å². The van der Waals surface area contributed by atoms with E-state index in [4.69, 9.17) is 0 Å². The average molecular weight is 477 g/mol. The lowest BCUT2D eigenvalue weighted by molar-refractivity contribution is 0.102. The summed E-state index contributed by atoms with van der Waals surface area (Å²) in [7, 11) is -3.41. The molecule has 0 saturated heterocycles. The largest absolute Gasteiger partial charge is 0.321 e. The molecule has 1 aromatic heterocycles. The highest BCUT2D eigenvalue weighted by Gasteiger charge is 2.18. The fraction of sp³-hybridized carbons (Fsp3) is 0.160. The van der Waals surface area contributed by atoms with Crippen molar-refractivity contribution in [2.24, 2.45) is 0 Å². The SMILES string of the molecule is CCS(=O)(=O)Nc1ccc(NC(=O)c2nn(Cc3ccccc3)c(=O)c3ccccc23)cc1C. The number of amides is 1. The summed E-state index contributed by atoms with van der Waals surface area (Å²) in [6.45, 7) is 3.54. The van der Waals surface area contributed by atoms with Crippen LogP contribution in [-0.2, 0) is 16.6 Å². The Bertz CT molecular complexity index is 1530. The van der Waals surface area contributed by atoms with Crippen LogP contribution >= 0.6 is 0 Å². The molecule has 0 atom stereocenters. The minimum Gasteiger partial charge on any atom is -0.321 e. The number of sulfonamides is 1. The minimum atomic E-state index is -3.41. The molecule has 8 nitrogen and oxygen atoms in total. The van der Waals surface area contributed by atoms with Crippen molar-refractivity contribution in [1.29, 1.82) is 0 Å². The van der Waals surface area contributed by atoms with Gasteiger partial charge in [0.05, 0.1) is 23.4 Å². The quantitative estimate of drug-likeness (QED) is 0.422. The summed E-state index contributed by atoms with van der Waals surface area (Å²) in [5, 5.41) is 8.06. The van der Waals surface area contributed by atoms with Crippen LogP contribution in [0.5, 0.6) is 0 Å². The van der Waals surface area contributed by atoms with Gasteiger partial charge in [0, 0.05) is 11.1 Å². The number of anilines is 2. The predicted octanol–water partition coefficient (Wildman–Crippen LogP) is 3.77. The Hall–Kier alpha value is -3.98. The summed E-state index contributed by atoms with van der Waals surface area (Å²) in [5.41, 5.74) is 2.31. The molecular weight excluding hydrogens is 452 g/mol. The van der Waals surface area contributed by atoms with Gasteiger partial charge >= 0.3 is 0 Å². The number of nitrogens with zero attached hydrogens (tertiary/aromatic N) is 2. The standard InChI is InChI=1S/C25H24N4O4S/c1-3-34(32,33)28-22-14-13-19(15-17(22)2)26-24(30)23-20-11-7-8-12-21(20)25(31)29(27-23)16-18-9-5-4-6-10-18/h4-15,28H,3,16H2,1-2H3,(H,26,30). The van der Waals surface area contributed by atoms with Crippen molar-refractivity contribution < 1.29 is 13.2 Å². The number of nitrogens with one attached hydrogen (secondary N) is 2. The monoisotopic (exact) mass is 476 g/mol. The highest BCUT2D eigenvalue weighted by atomic mass is 32.2. The molecule has 0 aliphatic carbocycles. The molecule has 0 spiro atoms. The second-order valence-corrected chi connectivity index (χ2v) is 9.84. The number of fused-ring (bicyclic) bond motifs is 1. The van der Waals surface area contributed by atoms with Crippen LogP contribution in [0, 0.1) is 6.92 Å². The van der Waals surface area contributed by atoms with E-state index in [9.17, 15) is 18.0 Å². The van der Waals surface area contributed by atoms with Crippen LogP contribution in [-0.4, -0.2) is 29.9 Å². The summed E-state index contributed by atoms with van der Waals surface area (Å²) in [5.74, 6) is -0.512. The Kier molecular flexibility index (Phi) is 6.47. The minimum absolute atomic E-state index is 0.0393. The zero-order chi connectivity index (χ0) is 24.3. The number of rotatable bonds is 7. The molecule has 0 aliphatic rings. The van der Waals surface area contributed by atoms with Crippen LogP contribution in [0.1, 0.15) is 28.5 Å². The van der Waals surface area contributed by atoms with Gasteiger partial charge in [-0.2, -0.15) is 5.10 Å². The van der Waals surface area contributed by atoms with Crippen molar-refractivity contribution in [1.82, 2.24) is 9.78 Å². The zero-order valence-corrected chi connectivity index (χ0v) is 19.6. The molecule has 4 aromatic rings. The molecule has 1 amide bonds. The van der Waals surface area contributed by atoms with Gasteiger partial charge in [0.1, 0.15) is 0 Å². The smallest absolute Gasteiger partial charge is 0.276 e. The molecular formula is C25H24N4O4S. The van der Waals surface area contributed by atoms with Gasteiger partial charge in [-0.15, -0.1) is 0 Å². The van der Waals surface area contributed by atoms with Crippen LogP contribution in [0.4, 0.5) is 11.4 Å². The van der Waals surface area contributed by atoms with E-state index in [1.54, 1.807) is 56.3 Å². The fourth-order valence-corrected chi connectivity index (χ4v) is 4.26.